The first-order valence-corrected chi connectivity index (χ1v) is 12.3. The van der Waals surface area contributed by atoms with Crippen LogP contribution in [-0.2, 0) is 10.0 Å². The van der Waals surface area contributed by atoms with Crippen LogP contribution in [-0.4, -0.2) is 56.9 Å². The van der Waals surface area contributed by atoms with Crippen LogP contribution in [0.15, 0.2) is 47.4 Å². The van der Waals surface area contributed by atoms with Crippen LogP contribution in [0.3, 0.4) is 0 Å². The van der Waals surface area contributed by atoms with Crippen LogP contribution in [0.2, 0.25) is 0 Å². The number of hydrogen-bond donors (Lipinski definition) is 0. The quantitative estimate of drug-likeness (QED) is 0.498. The standard InChI is InChI=1S/C22H27FN4O4S/c23-19-16-22(27(28)29)21(17-20(19)24-10-6-1-2-7-11-24)25-12-14-26(15-13-25)32(30,31)18-8-4-3-5-9-18/h3-5,8-9,16-17H,1-2,6-7,10-15H2. The second kappa shape index (κ2) is 9.41. The smallest absolute Gasteiger partial charge is 0.295 e. The summed E-state index contributed by atoms with van der Waals surface area (Å²) in [6.07, 6.45) is 4.11. The summed E-state index contributed by atoms with van der Waals surface area (Å²) < 4.78 is 42.0. The number of benzene rings is 2. The van der Waals surface area contributed by atoms with Crippen LogP contribution in [0.4, 0.5) is 21.5 Å². The molecule has 0 aromatic heterocycles. The first kappa shape index (κ1) is 22.5. The molecule has 0 bridgehead atoms. The zero-order chi connectivity index (χ0) is 22.7. The molecule has 0 radical (unpaired) electrons. The van der Waals surface area contributed by atoms with Crippen LogP contribution in [0.1, 0.15) is 25.7 Å². The molecule has 2 heterocycles. The average Bonchev–Trinajstić information content (AvgIpc) is 3.09. The van der Waals surface area contributed by atoms with Gasteiger partial charge in [0.25, 0.3) is 5.69 Å². The summed E-state index contributed by atoms with van der Waals surface area (Å²) >= 11 is 0. The van der Waals surface area contributed by atoms with E-state index in [1.165, 1.54) is 4.31 Å². The molecule has 32 heavy (non-hydrogen) atoms. The van der Waals surface area contributed by atoms with Gasteiger partial charge in [0, 0.05) is 39.3 Å². The lowest BCUT2D eigenvalue weighted by molar-refractivity contribution is -0.384. The Bertz CT molecular complexity index is 1060. The fourth-order valence-corrected chi connectivity index (χ4v) is 5.85. The van der Waals surface area contributed by atoms with Crippen LogP contribution < -0.4 is 9.80 Å². The summed E-state index contributed by atoms with van der Waals surface area (Å²) in [6.45, 7) is 2.42. The van der Waals surface area contributed by atoms with Gasteiger partial charge in [0.05, 0.1) is 21.6 Å². The van der Waals surface area contributed by atoms with E-state index >= 15 is 0 Å². The number of piperazine rings is 1. The van der Waals surface area contributed by atoms with E-state index in [9.17, 15) is 22.9 Å². The molecule has 2 aromatic carbocycles. The molecule has 2 aliphatic heterocycles. The Balaban J connectivity index is 1.58. The number of hydrogen-bond acceptors (Lipinski definition) is 6. The van der Waals surface area contributed by atoms with Crippen molar-refractivity contribution in [3.05, 3.63) is 58.4 Å². The molecule has 2 aromatic rings. The molecule has 2 saturated heterocycles. The number of anilines is 2. The van der Waals surface area contributed by atoms with Crippen molar-refractivity contribution in [3.8, 4) is 0 Å². The highest BCUT2D eigenvalue weighted by molar-refractivity contribution is 7.89. The zero-order valence-electron chi connectivity index (χ0n) is 17.8. The molecule has 0 unspecified atom stereocenters. The molecule has 2 aliphatic rings. The predicted molar refractivity (Wildman–Crippen MR) is 121 cm³/mol. The van der Waals surface area contributed by atoms with Gasteiger partial charge in [0.1, 0.15) is 5.69 Å². The van der Waals surface area contributed by atoms with E-state index < -0.39 is 20.8 Å². The monoisotopic (exact) mass is 462 g/mol. The van der Waals surface area contributed by atoms with E-state index in [1.807, 2.05) is 4.90 Å². The Morgan fingerprint density at radius 2 is 1.41 bits per heavy atom. The van der Waals surface area contributed by atoms with E-state index in [1.54, 1.807) is 41.3 Å². The Morgan fingerprint density at radius 3 is 2.00 bits per heavy atom. The van der Waals surface area contributed by atoms with Gasteiger partial charge >= 0.3 is 0 Å². The third-order valence-electron chi connectivity index (χ3n) is 6.15. The van der Waals surface area contributed by atoms with Crippen LogP contribution in [0.5, 0.6) is 0 Å². The minimum atomic E-state index is -3.63. The summed E-state index contributed by atoms with van der Waals surface area (Å²) in [5.41, 5.74) is 0.430. The third-order valence-corrected chi connectivity index (χ3v) is 8.06. The molecule has 0 saturated carbocycles. The highest BCUT2D eigenvalue weighted by Gasteiger charge is 2.32. The molecule has 0 N–H and O–H groups in total. The van der Waals surface area contributed by atoms with Crippen molar-refractivity contribution >= 4 is 27.1 Å². The van der Waals surface area contributed by atoms with Crippen LogP contribution >= 0.6 is 0 Å². The van der Waals surface area contributed by atoms with Gasteiger partial charge in [-0.05, 0) is 31.0 Å². The van der Waals surface area contributed by atoms with Crippen molar-refractivity contribution in [2.75, 3.05) is 49.1 Å². The van der Waals surface area contributed by atoms with Crippen LogP contribution in [0, 0.1) is 15.9 Å². The SMILES string of the molecule is O=[N+]([O-])c1cc(F)c(N2CCCCCC2)cc1N1CCN(S(=O)(=O)c2ccccc2)CC1. The maximum Gasteiger partial charge on any atom is 0.295 e. The van der Waals surface area contributed by atoms with Crippen molar-refractivity contribution in [1.29, 1.82) is 0 Å². The van der Waals surface area contributed by atoms with Gasteiger partial charge in [-0.3, -0.25) is 10.1 Å². The summed E-state index contributed by atoms with van der Waals surface area (Å²) in [7, 11) is -3.63. The van der Waals surface area contributed by atoms with E-state index in [4.69, 9.17) is 0 Å². The predicted octanol–water partition coefficient (Wildman–Crippen LogP) is 3.63. The highest BCUT2D eigenvalue weighted by atomic mass is 32.2. The van der Waals surface area contributed by atoms with Gasteiger partial charge < -0.3 is 9.80 Å². The Morgan fingerprint density at radius 1 is 0.812 bits per heavy atom. The topological polar surface area (TPSA) is 87.0 Å². The Labute approximate surface area is 187 Å². The van der Waals surface area contributed by atoms with Gasteiger partial charge in [0.15, 0.2) is 5.82 Å². The summed E-state index contributed by atoms with van der Waals surface area (Å²) in [6, 6.07) is 10.8. The first-order chi connectivity index (χ1) is 15.4. The number of nitrogens with zero attached hydrogens (tertiary/aromatic N) is 4. The van der Waals surface area contributed by atoms with Gasteiger partial charge in [0.2, 0.25) is 10.0 Å². The molecule has 172 valence electrons. The number of rotatable bonds is 5. The fraction of sp³-hybridized carbons (Fsp3) is 0.455. The zero-order valence-corrected chi connectivity index (χ0v) is 18.6. The second-order valence-electron chi connectivity index (χ2n) is 8.15. The molecular formula is C22H27FN4O4S. The number of nitro benzene ring substituents is 1. The number of nitro groups is 1. The molecule has 8 nitrogen and oxygen atoms in total. The van der Waals surface area contributed by atoms with Crippen molar-refractivity contribution < 1.29 is 17.7 Å². The molecule has 0 amide bonds. The van der Waals surface area contributed by atoms with Crippen molar-refractivity contribution in [3.63, 3.8) is 0 Å². The molecule has 4 rings (SSSR count). The lowest BCUT2D eigenvalue weighted by Crippen LogP contribution is -2.48. The molecular weight excluding hydrogens is 435 g/mol. The van der Waals surface area contributed by atoms with Crippen LogP contribution in [0.25, 0.3) is 0 Å². The highest BCUT2D eigenvalue weighted by Crippen LogP contribution is 2.36. The van der Waals surface area contributed by atoms with Gasteiger partial charge in [-0.1, -0.05) is 31.0 Å². The second-order valence-corrected chi connectivity index (χ2v) is 10.1. The third kappa shape index (κ3) is 4.56. The maximum atomic E-state index is 14.8. The Hall–Kier alpha value is -2.72. The summed E-state index contributed by atoms with van der Waals surface area (Å²) in [4.78, 5) is 15.1. The van der Waals surface area contributed by atoms with E-state index in [0.29, 0.717) is 11.4 Å². The normalized spacial score (nSPS) is 18.4. The number of sulfonamides is 1. The lowest BCUT2D eigenvalue weighted by atomic mass is 10.1. The average molecular weight is 463 g/mol. The Kier molecular flexibility index (Phi) is 6.61. The first-order valence-electron chi connectivity index (χ1n) is 10.9. The number of halogens is 1. The van der Waals surface area contributed by atoms with Gasteiger partial charge in [-0.15, -0.1) is 0 Å². The van der Waals surface area contributed by atoms with Crippen molar-refractivity contribution in [1.82, 2.24) is 4.31 Å². The van der Waals surface area contributed by atoms with Gasteiger partial charge in [-0.2, -0.15) is 4.31 Å². The molecule has 10 heteroatoms. The van der Waals surface area contributed by atoms with E-state index in [0.717, 1.165) is 44.8 Å². The van der Waals surface area contributed by atoms with Gasteiger partial charge in [-0.25, -0.2) is 12.8 Å². The molecule has 2 fully saturated rings. The lowest BCUT2D eigenvalue weighted by Gasteiger charge is -2.35. The summed E-state index contributed by atoms with van der Waals surface area (Å²) in [5, 5.41) is 11.7. The minimum absolute atomic E-state index is 0.199. The van der Waals surface area contributed by atoms with E-state index in [2.05, 4.69) is 0 Å². The fourth-order valence-electron chi connectivity index (χ4n) is 4.40. The van der Waals surface area contributed by atoms with Crippen molar-refractivity contribution in [2.45, 2.75) is 30.6 Å². The maximum absolute atomic E-state index is 14.8. The summed E-state index contributed by atoms with van der Waals surface area (Å²) in [5.74, 6) is -0.590. The molecule has 0 spiro atoms. The molecule has 0 aliphatic carbocycles. The van der Waals surface area contributed by atoms with E-state index in [-0.39, 0.29) is 36.8 Å². The minimum Gasteiger partial charge on any atom is -0.369 e. The van der Waals surface area contributed by atoms with Crippen molar-refractivity contribution in [2.24, 2.45) is 0 Å². The largest absolute Gasteiger partial charge is 0.369 e. The molecule has 0 atom stereocenters.